The van der Waals surface area contributed by atoms with Crippen molar-refractivity contribution in [1.82, 2.24) is 4.90 Å². The molecule has 0 aliphatic carbocycles. The van der Waals surface area contributed by atoms with Crippen molar-refractivity contribution in [2.45, 2.75) is 24.3 Å². The van der Waals surface area contributed by atoms with Crippen LogP contribution in [0, 0.1) is 0 Å². The fourth-order valence-corrected chi connectivity index (χ4v) is 3.65. The zero-order valence-corrected chi connectivity index (χ0v) is 14.0. The third kappa shape index (κ3) is 5.13. The van der Waals surface area contributed by atoms with Crippen LogP contribution >= 0.6 is 0 Å². The number of allylic oxidation sites excluding steroid dienone is 1. The van der Waals surface area contributed by atoms with Crippen molar-refractivity contribution in [2.75, 3.05) is 13.1 Å². The van der Waals surface area contributed by atoms with E-state index in [2.05, 4.69) is 4.74 Å². The van der Waals surface area contributed by atoms with Crippen LogP contribution in [0.2, 0.25) is 0 Å². The lowest BCUT2D eigenvalue weighted by atomic mass is 10.2. The zero-order chi connectivity index (χ0) is 18.8. The number of aliphatic hydroxyl groups excluding tert-OH is 1. The van der Waals surface area contributed by atoms with Crippen molar-refractivity contribution in [3.63, 3.8) is 0 Å². The van der Waals surface area contributed by atoms with Gasteiger partial charge in [0.2, 0.25) is 9.84 Å². The monoisotopic (exact) mass is 378 g/mol. The fourth-order valence-electron chi connectivity index (χ4n) is 2.29. The molecule has 1 aliphatic heterocycles. The number of rotatable bonds is 5. The number of hydrogen-bond donors (Lipinski definition) is 2. The summed E-state index contributed by atoms with van der Waals surface area (Å²) in [4.78, 5) is 1.24. The number of hydrogen-bond acceptors (Lipinski definition) is 6. The summed E-state index contributed by atoms with van der Waals surface area (Å²) >= 11 is 0. The highest BCUT2D eigenvalue weighted by Gasteiger charge is 2.31. The molecule has 3 N–H and O–H groups in total. The number of benzene rings is 1. The molecule has 2 rings (SSSR count). The summed E-state index contributed by atoms with van der Waals surface area (Å²) < 4.78 is 65.5. The van der Waals surface area contributed by atoms with Crippen molar-refractivity contribution in [1.29, 1.82) is 0 Å². The number of sulfone groups is 1. The Balaban J connectivity index is 2.29. The minimum Gasteiger partial charge on any atom is -0.406 e. The first-order valence-electron chi connectivity index (χ1n) is 7.18. The molecule has 1 aromatic carbocycles. The summed E-state index contributed by atoms with van der Waals surface area (Å²) in [6.07, 6.45) is -2.91. The Bertz CT molecular complexity index is 784. The van der Waals surface area contributed by atoms with E-state index < -0.39 is 28.1 Å². The van der Waals surface area contributed by atoms with Crippen molar-refractivity contribution in [3.05, 3.63) is 47.1 Å². The molecular formula is C15H17F3N2O4S. The quantitative estimate of drug-likeness (QED) is 0.811. The second kappa shape index (κ2) is 6.96. The van der Waals surface area contributed by atoms with Gasteiger partial charge in [0, 0.05) is 18.4 Å². The standard InChI is InChI=1S/C15H17F3N2O4S/c1-10(21)7-20-8-11(19)6-14(9-20)25(22,23)13-4-2-12(3-5-13)24-15(16,17)18/h2-6,9-10,21H,7-8,19H2,1H3. The average molecular weight is 378 g/mol. The number of nitrogens with zero attached hydrogens (tertiary/aromatic N) is 1. The van der Waals surface area contributed by atoms with Gasteiger partial charge in [-0.1, -0.05) is 0 Å². The molecule has 1 heterocycles. The molecule has 0 amide bonds. The van der Waals surface area contributed by atoms with Crippen molar-refractivity contribution in [2.24, 2.45) is 5.73 Å². The second-order valence-electron chi connectivity index (χ2n) is 5.55. The Morgan fingerprint density at radius 3 is 2.44 bits per heavy atom. The predicted octanol–water partition coefficient (Wildman–Crippen LogP) is 1.74. The van der Waals surface area contributed by atoms with Crippen LogP contribution in [0.25, 0.3) is 0 Å². The minimum absolute atomic E-state index is 0.110. The molecule has 6 nitrogen and oxygen atoms in total. The molecule has 1 aromatic rings. The summed E-state index contributed by atoms with van der Waals surface area (Å²) in [5.41, 5.74) is 6.04. The van der Waals surface area contributed by atoms with Gasteiger partial charge in [-0.05, 0) is 37.3 Å². The summed E-state index contributed by atoms with van der Waals surface area (Å²) in [7, 11) is -3.98. The molecule has 25 heavy (non-hydrogen) atoms. The Morgan fingerprint density at radius 1 is 1.32 bits per heavy atom. The van der Waals surface area contributed by atoms with Gasteiger partial charge in [-0.3, -0.25) is 0 Å². The van der Waals surface area contributed by atoms with E-state index in [1.165, 1.54) is 12.3 Å². The predicted molar refractivity (Wildman–Crippen MR) is 83.9 cm³/mol. The van der Waals surface area contributed by atoms with Crippen LogP contribution in [0.1, 0.15) is 6.92 Å². The molecule has 0 fully saturated rings. The first-order valence-corrected chi connectivity index (χ1v) is 8.66. The van der Waals surface area contributed by atoms with Crippen LogP contribution in [0.3, 0.4) is 0 Å². The molecule has 0 saturated heterocycles. The minimum atomic E-state index is -4.86. The Kier molecular flexibility index (Phi) is 5.33. The third-order valence-electron chi connectivity index (χ3n) is 3.20. The van der Waals surface area contributed by atoms with Crippen LogP contribution in [0.5, 0.6) is 5.75 Å². The van der Waals surface area contributed by atoms with Gasteiger partial charge in [-0.25, -0.2) is 8.42 Å². The Hall–Kier alpha value is -2.20. The molecule has 0 bridgehead atoms. The van der Waals surface area contributed by atoms with E-state index >= 15 is 0 Å². The number of aliphatic hydroxyl groups is 1. The van der Waals surface area contributed by atoms with Gasteiger partial charge in [0.25, 0.3) is 0 Å². The first-order chi connectivity index (χ1) is 11.5. The van der Waals surface area contributed by atoms with Gasteiger partial charge < -0.3 is 20.5 Å². The Morgan fingerprint density at radius 2 is 1.92 bits per heavy atom. The number of ether oxygens (including phenoxy) is 1. The number of halogens is 3. The normalized spacial score (nSPS) is 16.9. The molecule has 0 spiro atoms. The third-order valence-corrected chi connectivity index (χ3v) is 4.94. The summed E-state index contributed by atoms with van der Waals surface area (Å²) in [6, 6.07) is 3.89. The lowest BCUT2D eigenvalue weighted by Gasteiger charge is -2.26. The van der Waals surface area contributed by atoms with E-state index in [0.29, 0.717) is 5.70 Å². The molecule has 0 aromatic heterocycles. The molecule has 1 atom stereocenters. The highest BCUT2D eigenvalue weighted by atomic mass is 32.2. The van der Waals surface area contributed by atoms with Crippen LogP contribution in [0.15, 0.2) is 52.0 Å². The maximum absolute atomic E-state index is 12.6. The maximum Gasteiger partial charge on any atom is 0.573 e. The van der Waals surface area contributed by atoms with E-state index in [-0.39, 0.29) is 22.9 Å². The lowest BCUT2D eigenvalue weighted by Crippen LogP contribution is -2.33. The van der Waals surface area contributed by atoms with E-state index in [1.54, 1.807) is 11.8 Å². The summed E-state index contributed by atoms with van der Waals surface area (Å²) in [6.45, 7) is 2.00. The van der Waals surface area contributed by atoms with E-state index in [1.807, 2.05) is 0 Å². The SMILES string of the molecule is CC(O)CN1C=C(S(=O)(=O)c2ccc(OC(F)(F)F)cc2)C=C(N)C1. The number of nitrogens with two attached hydrogens (primary N) is 1. The summed E-state index contributed by atoms with van der Waals surface area (Å²) in [5.74, 6) is -0.519. The molecule has 1 unspecified atom stereocenters. The van der Waals surface area contributed by atoms with Crippen LogP contribution < -0.4 is 10.5 Å². The van der Waals surface area contributed by atoms with Crippen LogP contribution in [0.4, 0.5) is 13.2 Å². The highest BCUT2D eigenvalue weighted by molar-refractivity contribution is 7.95. The van der Waals surface area contributed by atoms with E-state index in [0.717, 1.165) is 24.3 Å². The number of alkyl halides is 3. The van der Waals surface area contributed by atoms with Crippen LogP contribution in [-0.2, 0) is 9.84 Å². The molecule has 138 valence electrons. The molecule has 0 saturated carbocycles. The van der Waals surface area contributed by atoms with Crippen LogP contribution in [-0.4, -0.2) is 44.0 Å². The highest BCUT2D eigenvalue weighted by Crippen LogP contribution is 2.28. The fraction of sp³-hybridized carbons (Fsp3) is 0.333. The molecule has 1 aliphatic rings. The van der Waals surface area contributed by atoms with Gasteiger partial charge in [0.1, 0.15) is 5.75 Å². The van der Waals surface area contributed by atoms with Gasteiger partial charge in [-0.2, -0.15) is 0 Å². The lowest BCUT2D eigenvalue weighted by molar-refractivity contribution is -0.274. The maximum atomic E-state index is 12.6. The topological polar surface area (TPSA) is 92.9 Å². The second-order valence-corrected chi connectivity index (χ2v) is 7.50. The smallest absolute Gasteiger partial charge is 0.406 e. The van der Waals surface area contributed by atoms with Crippen molar-refractivity contribution in [3.8, 4) is 5.75 Å². The van der Waals surface area contributed by atoms with Gasteiger partial charge in [-0.15, -0.1) is 13.2 Å². The van der Waals surface area contributed by atoms with Gasteiger partial charge in [0.05, 0.1) is 22.4 Å². The molecule has 0 radical (unpaired) electrons. The van der Waals surface area contributed by atoms with Crippen molar-refractivity contribution < 1.29 is 31.4 Å². The number of β-amino-alcohol motifs (C(OH)–C–C–N with tert-alkyl or cyclic N) is 1. The Labute approximate surface area is 142 Å². The zero-order valence-electron chi connectivity index (χ0n) is 13.2. The van der Waals surface area contributed by atoms with Gasteiger partial charge in [0.15, 0.2) is 0 Å². The first kappa shape index (κ1) is 19.1. The molecular weight excluding hydrogens is 361 g/mol. The van der Waals surface area contributed by atoms with Gasteiger partial charge >= 0.3 is 6.36 Å². The van der Waals surface area contributed by atoms with Crippen molar-refractivity contribution >= 4 is 9.84 Å². The largest absolute Gasteiger partial charge is 0.573 e. The average Bonchev–Trinajstić information content (AvgIpc) is 2.44. The van der Waals surface area contributed by atoms with E-state index in [9.17, 15) is 26.7 Å². The van der Waals surface area contributed by atoms with E-state index in [4.69, 9.17) is 5.73 Å². The molecule has 10 heteroatoms. The summed E-state index contributed by atoms with van der Waals surface area (Å²) in [5, 5.41) is 9.43.